The van der Waals surface area contributed by atoms with Gasteiger partial charge in [0, 0.05) is 0 Å². The summed E-state index contributed by atoms with van der Waals surface area (Å²) >= 11 is 0. The van der Waals surface area contributed by atoms with Gasteiger partial charge in [0.2, 0.25) is 0 Å². The first-order valence-corrected chi connectivity index (χ1v) is 5.01. The van der Waals surface area contributed by atoms with Gasteiger partial charge in [0.05, 0.1) is 0 Å². The van der Waals surface area contributed by atoms with Gasteiger partial charge in [-0.05, 0) is 49.5 Å². The molecule has 1 nitrogen and oxygen atoms in total. The van der Waals surface area contributed by atoms with Gasteiger partial charge >= 0.3 is 0 Å². The zero-order valence-electron chi connectivity index (χ0n) is 7.42. The van der Waals surface area contributed by atoms with Gasteiger partial charge in [0.25, 0.3) is 0 Å². The molecular formula is C10H19N. The van der Waals surface area contributed by atoms with Crippen LogP contribution in [0.2, 0.25) is 0 Å². The van der Waals surface area contributed by atoms with Crippen molar-refractivity contribution in [2.24, 2.45) is 29.4 Å². The first-order valence-electron chi connectivity index (χ1n) is 5.01. The van der Waals surface area contributed by atoms with E-state index < -0.39 is 0 Å². The molecule has 0 aliphatic heterocycles. The topological polar surface area (TPSA) is 26.0 Å². The quantitative estimate of drug-likeness (QED) is 0.645. The average molecular weight is 153 g/mol. The first-order chi connectivity index (χ1) is 5.31. The molecule has 2 N–H and O–H groups in total. The van der Waals surface area contributed by atoms with Crippen LogP contribution in [0.5, 0.6) is 0 Å². The molecule has 64 valence electrons. The third-order valence-corrected chi connectivity index (χ3v) is 3.89. The fourth-order valence-corrected chi connectivity index (χ4v) is 2.96. The lowest BCUT2D eigenvalue weighted by molar-refractivity contribution is 0.0227. The molecule has 0 aromatic heterocycles. The summed E-state index contributed by atoms with van der Waals surface area (Å²) in [5.74, 6) is 3.93. The van der Waals surface area contributed by atoms with Gasteiger partial charge < -0.3 is 5.73 Å². The Kier molecular flexibility index (Phi) is 1.92. The van der Waals surface area contributed by atoms with Crippen molar-refractivity contribution in [3.8, 4) is 0 Å². The Balaban J connectivity index is 1.92. The van der Waals surface area contributed by atoms with E-state index in [1.54, 1.807) is 0 Å². The highest BCUT2D eigenvalue weighted by atomic mass is 14.6. The van der Waals surface area contributed by atoms with Crippen molar-refractivity contribution in [2.75, 3.05) is 6.54 Å². The SMILES string of the molecule is CC(CN)C1CCC2CC1C2. The number of hydrogen-bond donors (Lipinski definition) is 1. The van der Waals surface area contributed by atoms with E-state index in [2.05, 4.69) is 6.92 Å². The van der Waals surface area contributed by atoms with Crippen molar-refractivity contribution in [3.05, 3.63) is 0 Å². The highest BCUT2D eigenvalue weighted by molar-refractivity contribution is 4.92. The molecular weight excluding hydrogens is 134 g/mol. The molecule has 11 heavy (non-hydrogen) atoms. The van der Waals surface area contributed by atoms with Crippen molar-refractivity contribution < 1.29 is 0 Å². The van der Waals surface area contributed by atoms with Crippen LogP contribution in [-0.4, -0.2) is 6.54 Å². The molecule has 0 saturated heterocycles. The molecule has 3 saturated carbocycles. The highest BCUT2D eigenvalue weighted by Crippen LogP contribution is 2.51. The van der Waals surface area contributed by atoms with E-state index in [1.807, 2.05) is 0 Å². The second-order valence-corrected chi connectivity index (χ2v) is 4.55. The second kappa shape index (κ2) is 2.78. The van der Waals surface area contributed by atoms with Crippen molar-refractivity contribution >= 4 is 0 Å². The summed E-state index contributed by atoms with van der Waals surface area (Å²) in [5.41, 5.74) is 5.68. The fraction of sp³-hybridized carbons (Fsp3) is 1.00. The van der Waals surface area contributed by atoms with Gasteiger partial charge in [0.15, 0.2) is 0 Å². The lowest BCUT2D eigenvalue weighted by atomic mass is 9.57. The van der Waals surface area contributed by atoms with Crippen LogP contribution in [0, 0.1) is 23.7 Å². The zero-order chi connectivity index (χ0) is 7.84. The largest absolute Gasteiger partial charge is 0.330 e. The van der Waals surface area contributed by atoms with Crippen molar-refractivity contribution in [3.63, 3.8) is 0 Å². The molecule has 0 radical (unpaired) electrons. The Morgan fingerprint density at radius 2 is 2.09 bits per heavy atom. The lowest BCUT2D eigenvalue weighted by Crippen LogP contribution is -2.40. The van der Waals surface area contributed by atoms with Crippen LogP contribution >= 0.6 is 0 Å². The number of hydrogen-bond acceptors (Lipinski definition) is 1. The Bertz CT molecular complexity index is 133. The van der Waals surface area contributed by atoms with Gasteiger partial charge in [-0.2, -0.15) is 0 Å². The summed E-state index contributed by atoms with van der Waals surface area (Å²) in [6.45, 7) is 3.22. The summed E-state index contributed by atoms with van der Waals surface area (Å²) < 4.78 is 0. The highest BCUT2D eigenvalue weighted by Gasteiger charge is 2.41. The Morgan fingerprint density at radius 3 is 2.55 bits per heavy atom. The van der Waals surface area contributed by atoms with Crippen LogP contribution in [-0.2, 0) is 0 Å². The van der Waals surface area contributed by atoms with Gasteiger partial charge in [-0.1, -0.05) is 13.3 Å². The molecule has 3 aliphatic carbocycles. The predicted octanol–water partition coefficient (Wildman–Crippen LogP) is 2.02. The molecule has 0 aromatic rings. The van der Waals surface area contributed by atoms with Crippen LogP contribution in [0.4, 0.5) is 0 Å². The Labute approximate surface area is 69.4 Å². The molecule has 2 bridgehead atoms. The molecule has 0 spiro atoms. The third kappa shape index (κ3) is 1.20. The lowest BCUT2D eigenvalue weighted by Gasteiger charge is -2.48. The number of nitrogens with two attached hydrogens (primary N) is 1. The van der Waals surface area contributed by atoms with Gasteiger partial charge in [-0.3, -0.25) is 0 Å². The monoisotopic (exact) mass is 153 g/mol. The van der Waals surface area contributed by atoms with Crippen molar-refractivity contribution in [1.29, 1.82) is 0 Å². The third-order valence-electron chi connectivity index (χ3n) is 3.89. The normalized spacial score (nSPS) is 44.7. The van der Waals surface area contributed by atoms with Gasteiger partial charge in [0.1, 0.15) is 0 Å². The maximum atomic E-state index is 5.68. The molecule has 3 aliphatic rings. The average Bonchev–Trinajstić information content (AvgIpc) is 2.02. The van der Waals surface area contributed by atoms with E-state index >= 15 is 0 Å². The zero-order valence-corrected chi connectivity index (χ0v) is 7.42. The minimum atomic E-state index is 0.779. The number of fused-ring (bicyclic) bond motifs is 2. The van der Waals surface area contributed by atoms with Crippen LogP contribution < -0.4 is 5.73 Å². The standard InChI is InChI=1S/C10H19N/c1-7(6-11)10-3-2-8-4-9(10)5-8/h7-10H,2-6,11H2,1H3. The molecule has 3 fully saturated rings. The maximum Gasteiger partial charge on any atom is -0.00488 e. The summed E-state index contributed by atoms with van der Waals surface area (Å²) in [4.78, 5) is 0. The van der Waals surface area contributed by atoms with E-state index in [4.69, 9.17) is 5.73 Å². The van der Waals surface area contributed by atoms with Crippen molar-refractivity contribution in [2.45, 2.75) is 32.6 Å². The minimum absolute atomic E-state index is 0.779. The van der Waals surface area contributed by atoms with E-state index in [1.165, 1.54) is 25.7 Å². The van der Waals surface area contributed by atoms with Gasteiger partial charge in [-0.15, -0.1) is 0 Å². The van der Waals surface area contributed by atoms with E-state index in [0.29, 0.717) is 0 Å². The summed E-state index contributed by atoms with van der Waals surface area (Å²) in [5, 5.41) is 0. The molecule has 0 aromatic carbocycles. The van der Waals surface area contributed by atoms with Crippen LogP contribution in [0.3, 0.4) is 0 Å². The summed E-state index contributed by atoms with van der Waals surface area (Å²) in [6, 6.07) is 0. The van der Waals surface area contributed by atoms with Crippen LogP contribution in [0.15, 0.2) is 0 Å². The first kappa shape index (κ1) is 7.60. The minimum Gasteiger partial charge on any atom is -0.330 e. The number of rotatable bonds is 2. The summed E-state index contributed by atoms with van der Waals surface area (Å²) in [6.07, 6.45) is 6.00. The smallest absolute Gasteiger partial charge is 0.00488 e. The molecule has 0 amide bonds. The Hall–Kier alpha value is -0.0400. The molecule has 2 unspecified atom stereocenters. The molecule has 1 heteroatoms. The predicted molar refractivity (Wildman–Crippen MR) is 47.2 cm³/mol. The van der Waals surface area contributed by atoms with E-state index in [9.17, 15) is 0 Å². The second-order valence-electron chi connectivity index (χ2n) is 4.55. The van der Waals surface area contributed by atoms with Crippen molar-refractivity contribution in [1.82, 2.24) is 0 Å². The summed E-state index contributed by atoms with van der Waals surface area (Å²) in [7, 11) is 0. The molecule has 2 atom stereocenters. The molecule has 0 heterocycles. The maximum absolute atomic E-state index is 5.68. The molecule has 3 rings (SSSR count). The Morgan fingerprint density at radius 1 is 1.36 bits per heavy atom. The van der Waals surface area contributed by atoms with Crippen LogP contribution in [0.1, 0.15) is 32.6 Å². The van der Waals surface area contributed by atoms with E-state index in [0.717, 1.165) is 30.2 Å². The fourth-order valence-electron chi connectivity index (χ4n) is 2.96. The van der Waals surface area contributed by atoms with Gasteiger partial charge in [-0.25, -0.2) is 0 Å². The van der Waals surface area contributed by atoms with Crippen LogP contribution in [0.25, 0.3) is 0 Å². The van der Waals surface area contributed by atoms with E-state index in [-0.39, 0.29) is 0 Å².